The molecular formula is C5H9N3O2. The molecule has 56 valence electrons. The summed E-state index contributed by atoms with van der Waals surface area (Å²) in [6, 6.07) is 0. The van der Waals surface area contributed by atoms with E-state index < -0.39 is 0 Å². The van der Waals surface area contributed by atoms with Crippen molar-refractivity contribution in [1.82, 2.24) is 15.6 Å². The zero-order valence-corrected chi connectivity index (χ0v) is 5.70. The van der Waals surface area contributed by atoms with Crippen molar-refractivity contribution >= 4 is 0 Å². The van der Waals surface area contributed by atoms with Crippen LogP contribution in [0.2, 0.25) is 0 Å². The van der Waals surface area contributed by atoms with Gasteiger partial charge in [-0.05, 0) is 6.92 Å². The van der Waals surface area contributed by atoms with Crippen LogP contribution < -0.4 is 5.48 Å². The minimum atomic E-state index is 0.477. The molecule has 0 unspecified atom stereocenters. The summed E-state index contributed by atoms with van der Waals surface area (Å²) in [6.45, 7) is 2.99. The summed E-state index contributed by atoms with van der Waals surface area (Å²) in [5, 5.41) is 3.56. The molecule has 0 aliphatic carbocycles. The van der Waals surface area contributed by atoms with Crippen LogP contribution >= 0.6 is 0 Å². The fraction of sp³-hybridized carbons (Fsp3) is 0.600. The van der Waals surface area contributed by atoms with Crippen LogP contribution in [0.15, 0.2) is 10.9 Å². The van der Waals surface area contributed by atoms with Crippen molar-refractivity contribution in [2.75, 3.05) is 6.61 Å². The molecule has 0 spiro atoms. The molecule has 1 heterocycles. The zero-order valence-electron chi connectivity index (χ0n) is 5.70. The lowest BCUT2D eigenvalue weighted by molar-refractivity contribution is 0.0444. The van der Waals surface area contributed by atoms with Gasteiger partial charge in [0, 0.05) is 0 Å². The summed E-state index contributed by atoms with van der Waals surface area (Å²) in [6.07, 6.45) is 1.28. The van der Waals surface area contributed by atoms with E-state index in [0.717, 1.165) is 0 Å². The maximum Gasteiger partial charge on any atom is 0.213 e. The summed E-state index contributed by atoms with van der Waals surface area (Å²) < 4.78 is 4.49. The molecule has 0 aromatic carbocycles. The Bertz CT molecular complexity index is 163. The molecule has 1 rings (SSSR count). The molecule has 0 amide bonds. The molecule has 0 bridgehead atoms. The van der Waals surface area contributed by atoms with E-state index in [9.17, 15) is 0 Å². The van der Waals surface area contributed by atoms with Gasteiger partial charge in [-0.2, -0.15) is 10.5 Å². The van der Waals surface area contributed by atoms with Crippen LogP contribution in [-0.2, 0) is 11.4 Å². The molecular weight excluding hydrogens is 134 g/mol. The number of hydroxylamine groups is 1. The predicted octanol–water partition coefficient (Wildman–Crippen LogP) is 0.111. The third-order valence-corrected chi connectivity index (χ3v) is 0.884. The van der Waals surface area contributed by atoms with Crippen molar-refractivity contribution in [3.63, 3.8) is 0 Å². The second kappa shape index (κ2) is 3.97. The molecule has 10 heavy (non-hydrogen) atoms. The Kier molecular flexibility index (Phi) is 2.85. The number of nitrogens with zero attached hydrogens (tertiary/aromatic N) is 2. The van der Waals surface area contributed by atoms with Crippen molar-refractivity contribution < 1.29 is 9.36 Å². The molecule has 1 N–H and O–H groups in total. The Labute approximate surface area is 58.3 Å². The SMILES string of the molecule is CCONCc1ncon1. The summed E-state index contributed by atoms with van der Waals surface area (Å²) in [4.78, 5) is 8.60. The maximum absolute atomic E-state index is 4.84. The highest BCUT2D eigenvalue weighted by molar-refractivity contribution is 4.73. The molecule has 0 saturated heterocycles. The van der Waals surface area contributed by atoms with Gasteiger partial charge in [0.25, 0.3) is 0 Å². The number of nitrogens with one attached hydrogen (secondary N) is 1. The predicted molar refractivity (Wildman–Crippen MR) is 32.8 cm³/mol. The summed E-state index contributed by atoms with van der Waals surface area (Å²) in [5.41, 5.74) is 2.65. The lowest BCUT2D eigenvalue weighted by Crippen LogP contribution is -2.14. The van der Waals surface area contributed by atoms with Gasteiger partial charge in [0.2, 0.25) is 6.39 Å². The molecule has 0 radical (unpaired) electrons. The van der Waals surface area contributed by atoms with Gasteiger partial charge in [0.1, 0.15) is 0 Å². The minimum Gasteiger partial charge on any atom is -0.343 e. The average Bonchev–Trinajstić information content (AvgIpc) is 2.41. The molecule has 5 heteroatoms. The number of hydrogen-bond acceptors (Lipinski definition) is 5. The molecule has 0 saturated carbocycles. The van der Waals surface area contributed by atoms with E-state index in [2.05, 4.69) is 20.1 Å². The van der Waals surface area contributed by atoms with Crippen molar-refractivity contribution in [3.8, 4) is 0 Å². The van der Waals surface area contributed by atoms with Gasteiger partial charge in [0.15, 0.2) is 5.82 Å². The summed E-state index contributed by atoms with van der Waals surface area (Å²) >= 11 is 0. The van der Waals surface area contributed by atoms with Crippen LogP contribution in [0.4, 0.5) is 0 Å². The third kappa shape index (κ3) is 2.12. The van der Waals surface area contributed by atoms with Gasteiger partial charge in [-0.25, -0.2) is 0 Å². The standard InChI is InChI=1S/C5H9N3O2/c1-2-9-7-3-5-6-4-10-8-5/h4,7H,2-3H2,1H3. The van der Waals surface area contributed by atoms with Crippen LogP contribution in [0, 0.1) is 0 Å². The molecule has 0 fully saturated rings. The first-order chi connectivity index (χ1) is 4.93. The molecule has 1 aromatic heterocycles. The normalized spacial score (nSPS) is 10.1. The Morgan fingerprint density at radius 1 is 1.80 bits per heavy atom. The van der Waals surface area contributed by atoms with Crippen LogP contribution in [0.3, 0.4) is 0 Å². The van der Waals surface area contributed by atoms with E-state index in [1.54, 1.807) is 0 Å². The van der Waals surface area contributed by atoms with E-state index in [1.165, 1.54) is 6.39 Å². The van der Waals surface area contributed by atoms with Gasteiger partial charge in [0.05, 0.1) is 13.2 Å². The Morgan fingerprint density at radius 3 is 3.30 bits per heavy atom. The second-order valence-electron chi connectivity index (χ2n) is 1.60. The second-order valence-corrected chi connectivity index (χ2v) is 1.60. The Balaban J connectivity index is 2.15. The number of aromatic nitrogens is 2. The average molecular weight is 143 g/mol. The largest absolute Gasteiger partial charge is 0.343 e. The van der Waals surface area contributed by atoms with Crippen LogP contribution in [0.5, 0.6) is 0 Å². The lowest BCUT2D eigenvalue weighted by atomic mass is 10.6. The van der Waals surface area contributed by atoms with Crippen molar-refractivity contribution in [2.24, 2.45) is 0 Å². The van der Waals surface area contributed by atoms with Gasteiger partial charge < -0.3 is 9.36 Å². The van der Waals surface area contributed by atoms with E-state index in [-0.39, 0.29) is 0 Å². The zero-order chi connectivity index (χ0) is 7.23. The van der Waals surface area contributed by atoms with E-state index in [1.807, 2.05) is 6.92 Å². The first-order valence-electron chi connectivity index (χ1n) is 3.03. The fourth-order valence-electron chi connectivity index (χ4n) is 0.488. The third-order valence-electron chi connectivity index (χ3n) is 0.884. The molecule has 0 atom stereocenters. The minimum absolute atomic E-state index is 0.477. The Hall–Kier alpha value is -0.940. The molecule has 0 aliphatic heterocycles. The van der Waals surface area contributed by atoms with Crippen LogP contribution in [0.25, 0.3) is 0 Å². The highest BCUT2D eigenvalue weighted by Gasteiger charge is 1.94. The smallest absolute Gasteiger partial charge is 0.213 e. The van der Waals surface area contributed by atoms with Gasteiger partial charge >= 0.3 is 0 Å². The van der Waals surface area contributed by atoms with Crippen molar-refractivity contribution in [3.05, 3.63) is 12.2 Å². The summed E-state index contributed by atoms with van der Waals surface area (Å²) in [7, 11) is 0. The maximum atomic E-state index is 4.84. The quantitative estimate of drug-likeness (QED) is 0.479. The lowest BCUT2D eigenvalue weighted by Gasteiger charge is -1.97. The number of hydrogen-bond donors (Lipinski definition) is 1. The highest BCUT2D eigenvalue weighted by atomic mass is 16.6. The molecule has 1 aromatic rings. The van der Waals surface area contributed by atoms with E-state index in [0.29, 0.717) is 19.0 Å². The topological polar surface area (TPSA) is 60.2 Å². The van der Waals surface area contributed by atoms with E-state index in [4.69, 9.17) is 4.84 Å². The Morgan fingerprint density at radius 2 is 2.70 bits per heavy atom. The summed E-state index contributed by atoms with van der Waals surface area (Å²) in [5.74, 6) is 0.591. The van der Waals surface area contributed by atoms with Crippen molar-refractivity contribution in [2.45, 2.75) is 13.5 Å². The van der Waals surface area contributed by atoms with Crippen LogP contribution in [0.1, 0.15) is 12.7 Å². The van der Waals surface area contributed by atoms with E-state index >= 15 is 0 Å². The fourth-order valence-corrected chi connectivity index (χ4v) is 0.488. The van der Waals surface area contributed by atoms with Crippen molar-refractivity contribution in [1.29, 1.82) is 0 Å². The monoisotopic (exact) mass is 143 g/mol. The first-order valence-corrected chi connectivity index (χ1v) is 3.03. The van der Waals surface area contributed by atoms with Gasteiger partial charge in [-0.3, -0.25) is 0 Å². The van der Waals surface area contributed by atoms with Gasteiger partial charge in [-0.15, -0.1) is 0 Å². The van der Waals surface area contributed by atoms with Crippen LogP contribution in [-0.4, -0.2) is 16.7 Å². The highest BCUT2D eigenvalue weighted by Crippen LogP contribution is 1.85. The molecule has 0 aliphatic rings. The first kappa shape index (κ1) is 7.17. The molecule has 5 nitrogen and oxygen atoms in total. The number of rotatable bonds is 4. The van der Waals surface area contributed by atoms with Gasteiger partial charge in [-0.1, -0.05) is 5.16 Å².